The molecule has 1 saturated carbocycles. The van der Waals surface area contributed by atoms with Crippen molar-refractivity contribution < 1.29 is 9.59 Å². The number of aromatic amines is 1. The molecule has 1 atom stereocenters. The number of amides is 2. The molecule has 0 spiro atoms. The molecule has 146 valence electrons. The van der Waals surface area contributed by atoms with Gasteiger partial charge in [0.05, 0.1) is 5.92 Å². The van der Waals surface area contributed by atoms with E-state index >= 15 is 0 Å². The zero-order valence-corrected chi connectivity index (χ0v) is 16.1. The lowest BCUT2D eigenvalue weighted by Crippen LogP contribution is -2.48. The molecule has 6 nitrogen and oxygen atoms in total. The van der Waals surface area contributed by atoms with Crippen molar-refractivity contribution in [2.24, 2.45) is 11.8 Å². The number of nitrogens with zero attached hydrogens (tertiary/aromatic N) is 3. The van der Waals surface area contributed by atoms with Crippen LogP contribution in [0.2, 0.25) is 0 Å². The predicted molar refractivity (Wildman–Crippen MR) is 107 cm³/mol. The molecule has 1 unspecified atom stereocenters. The topological polar surface area (TPSA) is 69.3 Å². The number of likely N-dealkylation sites (tertiary alicyclic amines) is 1. The molecule has 1 saturated heterocycles. The second kappa shape index (κ2) is 7.08. The van der Waals surface area contributed by atoms with E-state index in [1.54, 1.807) is 6.20 Å². The Balaban J connectivity index is 1.25. The van der Waals surface area contributed by atoms with E-state index in [9.17, 15) is 9.59 Å². The summed E-state index contributed by atoms with van der Waals surface area (Å²) in [6.45, 7) is 2.81. The fraction of sp³-hybridized carbons (Fsp3) is 0.500. The van der Waals surface area contributed by atoms with Gasteiger partial charge >= 0.3 is 0 Å². The highest BCUT2D eigenvalue weighted by atomic mass is 16.2. The van der Waals surface area contributed by atoms with E-state index < -0.39 is 0 Å². The lowest BCUT2D eigenvalue weighted by atomic mass is 9.94. The summed E-state index contributed by atoms with van der Waals surface area (Å²) >= 11 is 0. The standard InChI is InChI=1S/C22H26N4O2/c27-21(16-5-6-16)26-10-2-3-17(14-26)22(28)25-11-7-15(8-12-25)19-13-24-20-18(19)4-1-9-23-20/h1,4,7,9,13,16-17H,2-3,5-6,8,10-12,14H2,(H,23,24). The maximum absolute atomic E-state index is 13.1. The quantitative estimate of drug-likeness (QED) is 0.893. The molecule has 2 aromatic heterocycles. The molecule has 3 aliphatic rings. The maximum Gasteiger partial charge on any atom is 0.227 e. The van der Waals surface area contributed by atoms with Gasteiger partial charge in [0.15, 0.2) is 0 Å². The molecule has 0 bridgehead atoms. The molecule has 2 aliphatic heterocycles. The predicted octanol–water partition coefficient (Wildman–Crippen LogP) is 2.83. The van der Waals surface area contributed by atoms with E-state index in [4.69, 9.17) is 0 Å². The number of hydrogen-bond acceptors (Lipinski definition) is 3. The number of nitrogens with one attached hydrogen (secondary N) is 1. The van der Waals surface area contributed by atoms with Crippen molar-refractivity contribution in [1.29, 1.82) is 0 Å². The Morgan fingerprint density at radius 3 is 2.71 bits per heavy atom. The molecular formula is C22H26N4O2. The summed E-state index contributed by atoms with van der Waals surface area (Å²) in [4.78, 5) is 36.9. The number of hydrogen-bond donors (Lipinski definition) is 1. The monoisotopic (exact) mass is 378 g/mol. The molecule has 6 heteroatoms. The summed E-state index contributed by atoms with van der Waals surface area (Å²) < 4.78 is 0. The van der Waals surface area contributed by atoms with Crippen LogP contribution in [0.15, 0.2) is 30.6 Å². The Bertz CT molecular complexity index is 943. The number of pyridine rings is 1. The van der Waals surface area contributed by atoms with Crippen LogP contribution >= 0.6 is 0 Å². The SMILES string of the molecule is O=C(C1CCCN(C(=O)C2CC2)C1)N1CC=C(c2c[nH]c3ncccc23)CC1. The van der Waals surface area contributed by atoms with Crippen molar-refractivity contribution in [2.45, 2.75) is 32.1 Å². The van der Waals surface area contributed by atoms with E-state index in [1.807, 2.05) is 22.1 Å². The Kier molecular flexibility index (Phi) is 4.41. The van der Waals surface area contributed by atoms with Gasteiger partial charge in [-0.15, -0.1) is 0 Å². The van der Waals surface area contributed by atoms with Crippen molar-refractivity contribution in [2.75, 3.05) is 26.2 Å². The van der Waals surface area contributed by atoms with Crippen LogP contribution in [-0.4, -0.2) is 57.8 Å². The Labute approximate surface area is 164 Å². The van der Waals surface area contributed by atoms with Crippen LogP contribution in [0.4, 0.5) is 0 Å². The minimum Gasteiger partial charge on any atom is -0.346 e. The van der Waals surface area contributed by atoms with Gasteiger partial charge in [-0.3, -0.25) is 9.59 Å². The summed E-state index contributed by atoms with van der Waals surface area (Å²) in [5.41, 5.74) is 3.37. The number of H-pyrrole nitrogens is 1. The number of rotatable bonds is 3. The third-order valence-corrected chi connectivity index (χ3v) is 6.33. The van der Waals surface area contributed by atoms with Gasteiger partial charge in [-0.25, -0.2) is 4.98 Å². The molecule has 4 heterocycles. The Hall–Kier alpha value is -2.63. The van der Waals surface area contributed by atoms with Crippen LogP contribution in [0, 0.1) is 11.8 Å². The van der Waals surface area contributed by atoms with Crippen LogP contribution in [0.1, 0.15) is 37.7 Å². The van der Waals surface area contributed by atoms with Gasteiger partial charge in [0.1, 0.15) is 5.65 Å². The van der Waals surface area contributed by atoms with Gasteiger partial charge in [-0.05, 0) is 49.8 Å². The van der Waals surface area contributed by atoms with Gasteiger partial charge in [0.25, 0.3) is 0 Å². The molecule has 28 heavy (non-hydrogen) atoms. The number of carbonyl (C=O) groups is 2. The molecule has 0 aromatic carbocycles. The number of carbonyl (C=O) groups excluding carboxylic acids is 2. The summed E-state index contributed by atoms with van der Waals surface area (Å²) in [6, 6.07) is 4.04. The van der Waals surface area contributed by atoms with Crippen molar-refractivity contribution in [3.8, 4) is 0 Å². The van der Waals surface area contributed by atoms with Gasteiger partial charge in [0, 0.05) is 55.4 Å². The Morgan fingerprint density at radius 2 is 1.93 bits per heavy atom. The van der Waals surface area contributed by atoms with Crippen molar-refractivity contribution in [3.05, 3.63) is 36.2 Å². The zero-order valence-electron chi connectivity index (χ0n) is 16.1. The van der Waals surface area contributed by atoms with E-state index in [1.165, 1.54) is 11.1 Å². The number of piperidine rings is 1. The summed E-state index contributed by atoms with van der Waals surface area (Å²) in [5, 5.41) is 1.13. The van der Waals surface area contributed by atoms with Crippen LogP contribution < -0.4 is 0 Å². The average molecular weight is 378 g/mol. The third kappa shape index (κ3) is 3.21. The van der Waals surface area contributed by atoms with E-state index in [2.05, 4.69) is 22.1 Å². The molecule has 5 rings (SSSR count). The van der Waals surface area contributed by atoms with Crippen LogP contribution in [0.5, 0.6) is 0 Å². The highest BCUT2D eigenvalue weighted by molar-refractivity contribution is 5.91. The van der Waals surface area contributed by atoms with Crippen molar-refractivity contribution >= 4 is 28.4 Å². The smallest absolute Gasteiger partial charge is 0.227 e. The summed E-state index contributed by atoms with van der Waals surface area (Å²) in [7, 11) is 0. The normalized spacial score (nSPS) is 23.0. The highest BCUT2D eigenvalue weighted by Gasteiger charge is 2.37. The van der Waals surface area contributed by atoms with Crippen LogP contribution in [0.3, 0.4) is 0 Å². The molecule has 0 radical (unpaired) electrons. The largest absolute Gasteiger partial charge is 0.346 e. The Morgan fingerprint density at radius 1 is 1.07 bits per heavy atom. The van der Waals surface area contributed by atoms with Crippen molar-refractivity contribution in [1.82, 2.24) is 19.8 Å². The maximum atomic E-state index is 13.1. The molecule has 2 aromatic rings. The fourth-order valence-electron chi connectivity index (χ4n) is 4.56. The van der Waals surface area contributed by atoms with E-state index in [0.29, 0.717) is 13.1 Å². The van der Waals surface area contributed by atoms with Gasteiger partial charge in [-0.1, -0.05) is 6.08 Å². The fourth-order valence-corrected chi connectivity index (χ4v) is 4.56. The lowest BCUT2D eigenvalue weighted by Gasteiger charge is -2.36. The molecule has 1 aliphatic carbocycles. The molecule has 2 fully saturated rings. The molecule has 1 N–H and O–H groups in total. The summed E-state index contributed by atoms with van der Waals surface area (Å²) in [5.74, 6) is 0.680. The first-order chi connectivity index (χ1) is 13.7. The van der Waals surface area contributed by atoms with Gasteiger partial charge < -0.3 is 14.8 Å². The lowest BCUT2D eigenvalue weighted by molar-refractivity contribution is -0.141. The third-order valence-electron chi connectivity index (χ3n) is 6.33. The first-order valence-electron chi connectivity index (χ1n) is 10.4. The van der Waals surface area contributed by atoms with E-state index in [-0.39, 0.29) is 23.7 Å². The first-order valence-corrected chi connectivity index (χ1v) is 10.4. The van der Waals surface area contributed by atoms with Crippen LogP contribution in [0.25, 0.3) is 16.6 Å². The second-order valence-corrected chi connectivity index (χ2v) is 8.26. The minimum absolute atomic E-state index is 0.0383. The van der Waals surface area contributed by atoms with Crippen molar-refractivity contribution in [3.63, 3.8) is 0 Å². The summed E-state index contributed by atoms with van der Waals surface area (Å²) in [6.07, 6.45) is 10.7. The van der Waals surface area contributed by atoms with E-state index in [0.717, 1.165) is 56.2 Å². The van der Waals surface area contributed by atoms with Crippen LogP contribution in [-0.2, 0) is 9.59 Å². The van der Waals surface area contributed by atoms with Gasteiger partial charge in [0.2, 0.25) is 11.8 Å². The highest BCUT2D eigenvalue weighted by Crippen LogP contribution is 2.33. The zero-order chi connectivity index (χ0) is 19.1. The molecular weight excluding hydrogens is 352 g/mol. The van der Waals surface area contributed by atoms with Gasteiger partial charge in [-0.2, -0.15) is 0 Å². The number of fused-ring (bicyclic) bond motifs is 1. The first kappa shape index (κ1) is 17.5. The average Bonchev–Trinajstić information content (AvgIpc) is 3.52. The number of aromatic nitrogens is 2. The second-order valence-electron chi connectivity index (χ2n) is 8.26. The molecule has 2 amide bonds. The minimum atomic E-state index is -0.0383.